The summed E-state index contributed by atoms with van der Waals surface area (Å²) in [7, 11) is 1.69. The van der Waals surface area contributed by atoms with E-state index >= 15 is 0 Å². The van der Waals surface area contributed by atoms with Gasteiger partial charge in [0.05, 0.1) is 7.11 Å². The Morgan fingerprint density at radius 2 is 1.88 bits per heavy atom. The zero-order valence-electron chi connectivity index (χ0n) is 11.4. The standard InChI is InChI=1S/C14H20O2S/c1-9-7-11(17-10(2)15)8-12(13(9)16-6)14(3,4)5/h7-8H,1-6H3. The lowest BCUT2D eigenvalue weighted by Gasteiger charge is -2.24. The number of ether oxygens (including phenoxy) is 1. The molecule has 0 fully saturated rings. The van der Waals surface area contributed by atoms with Crippen molar-refractivity contribution in [3.8, 4) is 5.75 Å². The number of rotatable bonds is 2. The van der Waals surface area contributed by atoms with Gasteiger partial charge in [-0.2, -0.15) is 0 Å². The largest absolute Gasteiger partial charge is 0.496 e. The molecule has 0 atom stereocenters. The van der Waals surface area contributed by atoms with Gasteiger partial charge < -0.3 is 4.74 Å². The van der Waals surface area contributed by atoms with Crippen molar-refractivity contribution in [1.29, 1.82) is 0 Å². The summed E-state index contributed by atoms with van der Waals surface area (Å²) in [5, 5.41) is 0.106. The summed E-state index contributed by atoms with van der Waals surface area (Å²) in [6.45, 7) is 10.0. The molecule has 1 aromatic rings. The van der Waals surface area contributed by atoms with E-state index in [-0.39, 0.29) is 10.5 Å². The van der Waals surface area contributed by atoms with Crippen LogP contribution in [-0.4, -0.2) is 12.2 Å². The van der Waals surface area contributed by atoms with E-state index in [9.17, 15) is 4.79 Å². The van der Waals surface area contributed by atoms with Crippen LogP contribution in [0.25, 0.3) is 0 Å². The number of benzene rings is 1. The Labute approximate surface area is 108 Å². The molecule has 0 radical (unpaired) electrons. The van der Waals surface area contributed by atoms with Crippen LogP contribution in [0.4, 0.5) is 0 Å². The highest BCUT2D eigenvalue weighted by atomic mass is 32.2. The number of carbonyl (C=O) groups is 1. The van der Waals surface area contributed by atoms with Gasteiger partial charge in [-0.1, -0.05) is 32.5 Å². The van der Waals surface area contributed by atoms with Gasteiger partial charge in [0, 0.05) is 17.4 Å². The van der Waals surface area contributed by atoms with Crippen LogP contribution < -0.4 is 4.74 Å². The van der Waals surface area contributed by atoms with Crippen molar-refractivity contribution >= 4 is 16.9 Å². The van der Waals surface area contributed by atoms with Crippen LogP contribution in [-0.2, 0) is 10.2 Å². The smallest absolute Gasteiger partial charge is 0.190 e. The molecule has 94 valence electrons. The molecule has 17 heavy (non-hydrogen) atoms. The number of thioether (sulfide) groups is 1. The van der Waals surface area contributed by atoms with E-state index in [1.54, 1.807) is 14.0 Å². The second-order valence-electron chi connectivity index (χ2n) is 5.16. The molecular formula is C14H20O2S. The maximum absolute atomic E-state index is 11.2. The normalized spacial score (nSPS) is 11.4. The summed E-state index contributed by atoms with van der Waals surface area (Å²) < 4.78 is 5.47. The molecule has 0 saturated carbocycles. The van der Waals surface area contributed by atoms with Gasteiger partial charge in [0.1, 0.15) is 5.75 Å². The Morgan fingerprint density at radius 1 is 1.29 bits per heavy atom. The van der Waals surface area contributed by atoms with E-state index in [2.05, 4.69) is 26.8 Å². The average Bonchev–Trinajstić information content (AvgIpc) is 2.14. The van der Waals surface area contributed by atoms with Gasteiger partial charge >= 0.3 is 0 Å². The van der Waals surface area contributed by atoms with Crippen LogP contribution in [0.5, 0.6) is 5.75 Å². The predicted molar refractivity (Wildman–Crippen MR) is 73.0 cm³/mol. The lowest BCUT2D eigenvalue weighted by atomic mass is 9.85. The highest BCUT2D eigenvalue weighted by Gasteiger charge is 2.21. The summed E-state index contributed by atoms with van der Waals surface area (Å²) in [4.78, 5) is 12.2. The Morgan fingerprint density at radius 3 is 2.29 bits per heavy atom. The Balaban J connectivity index is 3.34. The fourth-order valence-electron chi connectivity index (χ4n) is 1.79. The lowest BCUT2D eigenvalue weighted by molar-refractivity contribution is -0.109. The van der Waals surface area contributed by atoms with Gasteiger partial charge in [0.25, 0.3) is 0 Å². The Hall–Kier alpha value is -0.960. The van der Waals surface area contributed by atoms with E-state index in [0.29, 0.717) is 0 Å². The molecule has 0 saturated heterocycles. The third-order valence-electron chi connectivity index (χ3n) is 2.52. The SMILES string of the molecule is COc1c(C)cc(SC(C)=O)cc1C(C)(C)C. The molecule has 0 heterocycles. The predicted octanol–water partition coefficient (Wildman–Crippen LogP) is 3.94. The number of carbonyl (C=O) groups excluding carboxylic acids is 1. The summed E-state index contributed by atoms with van der Waals surface area (Å²) in [5.41, 5.74) is 2.22. The minimum absolute atomic E-state index is 0.00343. The van der Waals surface area contributed by atoms with Crippen LogP contribution in [0, 0.1) is 6.92 Å². The summed E-state index contributed by atoms with van der Waals surface area (Å²) in [5.74, 6) is 0.922. The molecular weight excluding hydrogens is 232 g/mol. The van der Waals surface area contributed by atoms with Crippen molar-refractivity contribution in [3.05, 3.63) is 23.3 Å². The molecule has 2 nitrogen and oxygen atoms in total. The first-order valence-electron chi connectivity index (χ1n) is 5.63. The number of methoxy groups -OCH3 is 1. The molecule has 3 heteroatoms. The van der Waals surface area contributed by atoms with Gasteiger partial charge in [-0.3, -0.25) is 4.79 Å². The zero-order valence-corrected chi connectivity index (χ0v) is 12.2. The fraction of sp³-hybridized carbons (Fsp3) is 0.500. The summed E-state index contributed by atoms with van der Waals surface area (Å²) >= 11 is 1.27. The minimum Gasteiger partial charge on any atom is -0.496 e. The molecule has 1 rings (SSSR count). The molecule has 1 aromatic carbocycles. The monoisotopic (exact) mass is 252 g/mol. The maximum atomic E-state index is 11.2. The molecule has 0 aromatic heterocycles. The van der Waals surface area contributed by atoms with E-state index in [1.165, 1.54) is 11.8 Å². The number of hydrogen-bond donors (Lipinski definition) is 0. The topological polar surface area (TPSA) is 26.3 Å². The zero-order chi connectivity index (χ0) is 13.2. The molecule has 0 amide bonds. The van der Waals surface area contributed by atoms with E-state index in [0.717, 1.165) is 21.8 Å². The second-order valence-corrected chi connectivity index (χ2v) is 6.42. The molecule has 0 aliphatic rings. The summed E-state index contributed by atoms with van der Waals surface area (Å²) in [6, 6.07) is 4.05. The van der Waals surface area contributed by atoms with Gasteiger partial charge in [0.2, 0.25) is 0 Å². The minimum atomic E-state index is 0.00343. The molecule has 0 N–H and O–H groups in total. The number of aryl methyl sites for hydroxylation is 1. The third kappa shape index (κ3) is 3.50. The van der Waals surface area contributed by atoms with E-state index in [1.807, 2.05) is 13.0 Å². The Bertz CT molecular complexity index is 431. The van der Waals surface area contributed by atoms with E-state index in [4.69, 9.17) is 4.74 Å². The molecule has 0 unspecified atom stereocenters. The van der Waals surface area contributed by atoms with Crippen LogP contribution in [0.1, 0.15) is 38.8 Å². The van der Waals surface area contributed by atoms with Crippen molar-refractivity contribution < 1.29 is 9.53 Å². The maximum Gasteiger partial charge on any atom is 0.190 e. The average molecular weight is 252 g/mol. The first-order chi connectivity index (χ1) is 7.75. The van der Waals surface area contributed by atoms with Crippen LogP contribution in [0.2, 0.25) is 0 Å². The first-order valence-corrected chi connectivity index (χ1v) is 6.45. The molecule has 0 spiro atoms. The highest BCUT2D eigenvalue weighted by molar-refractivity contribution is 8.13. The summed E-state index contributed by atoms with van der Waals surface area (Å²) in [6.07, 6.45) is 0. The van der Waals surface area contributed by atoms with E-state index < -0.39 is 0 Å². The van der Waals surface area contributed by atoms with Crippen LogP contribution in [0.3, 0.4) is 0 Å². The van der Waals surface area contributed by atoms with Crippen molar-refractivity contribution in [3.63, 3.8) is 0 Å². The van der Waals surface area contributed by atoms with Crippen LogP contribution in [0.15, 0.2) is 17.0 Å². The molecule has 0 aliphatic carbocycles. The third-order valence-corrected chi connectivity index (χ3v) is 3.28. The van der Waals surface area contributed by atoms with Crippen molar-refractivity contribution in [1.82, 2.24) is 0 Å². The Kier molecular flexibility index (Phi) is 4.26. The van der Waals surface area contributed by atoms with Crippen molar-refractivity contribution in [2.24, 2.45) is 0 Å². The van der Waals surface area contributed by atoms with Gasteiger partial charge in [-0.05, 0) is 30.0 Å². The van der Waals surface area contributed by atoms with Gasteiger partial charge in [-0.25, -0.2) is 0 Å². The number of hydrogen-bond acceptors (Lipinski definition) is 3. The molecule has 0 bridgehead atoms. The second kappa shape index (κ2) is 5.13. The fourth-order valence-corrected chi connectivity index (χ4v) is 2.54. The van der Waals surface area contributed by atoms with Gasteiger partial charge in [-0.15, -0.1) is 0 Å². The highest BCUT2D eigenvalue weighted by Crippen LogP contribution is 2.37. The lowest BCUT2D eigenvalue weighted by Crippen LogP contribution is -2.13. The quantitative estimate of drug-likeness (QED) is 0.746. The first kappa shape index (κ1) is 14.1. The van der Waals surface area contributed by atoms with Crippen molar-refractivity contribution in [2.75, 3.05) is 7.11 Å². The molecule has 0 aliphatic heterocycles. The van der Waals surface area contributed by atoms with Gasteiger partial charge in [0.15, 0.2) is 5.12 Å². The van der Waals surface area contributed by atoms with Crippen LogP contribution >= 0.6 is 11.8 Å². The van der Waals surface area contributed by atoms with Crippen molar-refractivity contribution in [2.45, 2.75) is 44.9 Å².